The SMILES string of the molecule is O=C1NO[C@@H]2CNCC[C@@H]12. The summed E-state index contributed by atoms with van der Waals surface area (Å²) < 4.78 is 0. The minimum absolute atomic E-state index is 0.0477. The van der Waals surface area contributed by atoms with Gasteiger partial charge in [-0.15, -0.1) is 0 Å². The van der Waals surface area contributed by atoms with E-state index in [0.717, 1.165) is 19.5 Å². The maximum Gasteiger partial charge on any atom is 0.249 e. The van der Waals surface area contributed by atoms with Crippen LogP contribution in [0.3, 0.4) is 0 Å². The smallest absolute Gasteiger partial charge is 0.249 e. The lowest BCUT2D eigenvalue weighted by Crippen LogP contribution is -2.40. The molecule has 2 saturated heterocycles. The molecule has 0 aromatic carbocycles. The van der Waals surface area contributed by atoms with Gasteiger partial charge in [0.1, 0.15) is 6.10 Å². The second kappa shape index (κ2) is 2.21. The summed E-state index contributed by atoms with van der Waals surface area (Å²) in [5.41, 5.74) is 2.38. The maximum atomic E-state index is 10.9. The van der Waals surface area contributed by atoms with Crippen molar-refractivity contribution < 1.29 is 9.63 Å². The number of fused-ring (bicyclic) bond motifs is 1. The van der Waals surface area contributed by atoms with Crippen molar-refractivity contribution in [3.05, 3.63) is 0 Å². The topological polar surface area (TPSA) is 50.4 Å². The molecule has 0 aliphatic carbocycles. The van der Waals surface area contributed by atoms with Crippen LogP contribution in [0.5, 0.6) is 0 Å². The quantitative estimate of drug-likeness (QED) is 0.457. The number of carbonyl (C=O) groups excluding carboxylic acids is 1. The standard InChI is InChI=1S/C6H10N2O2/c9-6-4-1-2-7-3-5(4)10-8-6/h4-5,7H,1-3H2,(H,8,9)/t4-,5-/m1/s1. The van der Waals surface area contributed by atoms with Gasteiger partial charge >= 0.3 is 0 Å². The number of piperidine rings is 1. The van der Waals surface area contributed by atoms with Gasteiger partial charge in [-0.05, 0) is 13.0 Å². The Kier molecular flexibility index (Phi) is 1.35. The minimum atomic E-state index is 0.0477. The second-order valence-corrected chi connectivity index (χ2v) is 2.72. The summed E-state index contributed by atoms with van der Waals surface area (Å²) in [7, 11) is 0. The van der Waals surface area contributed by atoms with Gasteiger partial charge in [0.05, 0.1) is 5.92 Å². The van der Waals surface area contributed by atoms with Crippen LogP contribution in [0.25, 0.3) is 0 Å². The Bertz CT molecular complexity index is 160. The van der Waals surface area contributed by atoms with Crippen molar-refractivity contribution in [3.8, 4) is 0 Å². The number of hydroxylamine groups is 1. The fourth-order valence-corrected chi connectivity index (χ4v) is 1.46. The zero-order valence-electron chi connectivity index (χ0n) is 5.59. The van der Waals surface area contributed by atoms with E-state index in [-0.39, 0.29) is 17.9 Å². The molecule has 4 heteroatoms. The van der Waals surface area contributed by atoms with Gasteiger partial charge in [-0.1, -0.05) is 0 Å². The lowest BCUT2D eigenvalue weighted by Gasteiger charge is -2.20. The van der Waals surface area contributed by atoms with Gasteiger partial charge in [-0.3, -0.25) is 9.63 Å². The van der Waals surface area contributed by atoms with Crippen molar-refractivity contribution in [2.45, 2.75) is 12.5 Å². The molecule has 2 aliphatic heterocycles. The molecule has 0 spiro atoms. The molecule has 4 nitrogen and oxygen atoms in total. The van der Waals surface area contributed by atoms with E-state index in [9.17, 15) is 4.79 Å². The van der Waals surface area contributed by atoms with Crippen LogP contribution in [-0.2, 0) is 9.63 Å². The molecular weight excluding hydrogens is 132 g/mol. The Hall–Kier alpha value is -0.610. The Labute approximate surface area is 58.9 Å². The first kappa shape index (κ1) is 6.12. The second-order valence-electron chi connectivity index (χ2n) is 2.72. The molecule has 1 amide bonds. The van der Waals surface area contributed by atoms with E-state index in [1.807, 2.05) is 0 Å². The molecule has 2 N–H and O–H groups in total. The third-order valence-corrected chi connectivity index (χ3v) is 2.07. The first-order valence-corrected chi connectivity index (χ1v) is 3.54. The molecule has 10 heavy (non-hydrogen) atoms. The molecular formula is C6H10N2O2. The molecule has 2 atom stereocenters. The lowest BCUT2D eigenvalue weighted by atomic mass is 9.96. The summed E-state index contributed by atoms with van der Waals surface area (Å²) in [5, 5.41) is 3.16. The molecule has 0 radical (unpaired) electrons. The fraction of sp³-hybridized carbons (Fsp3) is 0.833. The first-order chi connectivity index (χ1) is 4.88. The normalized spacial score (nSPS) is 39.0. The van der Waals surface area contributed by atoms with Gasteiger partial charge in [0.15, 0.2) is 0 Å². The fourth-order valence-electron chi connectivity index (χ4n) is 1.46. The lowest BCUT2D eigenvalue weighted by molar-refractivity contribution is -0.126. The van der Waals surface area contributed by atoms with Crippen LogP contribution >= 0.6 is 0 Å². The van der Waals surface area contributed by atoms with Crippen LogP contribution in [0.2, 0.25) is 0 Å². The maximum absolute atomic E-state index is 10.9. The number of hydrogen-bond donors (Lipinski definition) is 2. The number of amides is 1. The third-order valence-electron chi connectivity index (χ3n) is 2.07. The Morgan fingerprint density at radius 1 is 1.60 bits per heavy atom. The summed E-state index contributed by atoms with van der Waals surface area (Å²) in [6, 6.07) is 0. The summed E-state index contributed by atoms with van der Waals surface area (Å²) >= 11 is 0. The third kappa shape index (κ3) is 0.803. The predicted octanol–water partition coefficient (Wildman–Crippen LogP) is -0.974. The highest BCUT2D eigenvalue weighted by Crippen LogP contribution is 2.19. The van der Waals surface area contributed by atoms with Crippen LogP contribution < -0.4 is 10.8 Å². The molecule has 2 heterocycles. The summed E-state index contributed by atoms with van der Waals surface area (Å²) in [5.74, 6) is 0.146. The minimum Gasteiger partial charge on any atom is -0.314 e. The Balaban J connectivity index is 2.08. The van der Waals surface area contributed by atoms with Gasteiger partial charge in [0.25, 0.3) is 0 Å². The van der Waals surface area contributed by atoms with E-state index < -0.39 is 0 Å². The number of carbonyl (C=O) groups is 1. The van der Waals surface area contributed by atoms with Gasteiger partial charge in [0, 0.05) is 6.54 Å². The van der Waals surface area contributed by atoms with Gasteiger partial charge in [0.2, 0.25) is 5.91 Å². The molecule has 2 fully saturated rings. The van der Waals surface area contributed by atoms with Crippen molar-refractivity contribution in [3.63, 3.8) is 0 Å². The predicted molar refractivity (Wildman–Crippen MR) is 34.0 cm³/mol. The monoisotopic (exact) mass is 142 g/mol. The van der Waals surface area contributed by atoms with Gasteiger partial charge in [-0.25, -0.2) is 5.48 Å². The van der Waals surface area contributed by atoms with Gasteiger partial charge in [-0.2, -0.15) is 0 Å². The van der Waals surface area contributed by atoms with E-state index in [0.29, 0.717) is 0 Å². The zero-order valence-corrected chi connectivity index (χ0v) is 5.59. The van der Waals surface area contributed by atoms with E-state index in [4.69, 9.17) is 4.84 Å². The van der Waals surface area contributed by atoms with Crippen LogP contribution in [0.1, 0.15) is 6.42 Å². The highest BCUT2D eigenvalue weighted by molar-refractivity contribution is 5.79. The largest absolute Gasteiger partial charge is 0.314 e. The van der Waals surface area contributed by atoms with E-state index in [1.54, 1.807) is 0 Å². The number of rotatable bonds is 0. The average molecular weight is 142 g/mol. The number of hydrogen-bond acceptors (Lipinski definition) is 3. The zero-order chi connectivity index (χ0) is 6.97. The Morgan fingerprint density at radius 3 is 3.30 bits per heavy atom. The molecule has 2 rings (SSSR count). The van der Waals surface area contributed by atoms with Crippen LogP contribution in [0, 0.1) is 5.92 Å². The van der Waals surface area contributed by atoms with Crippen molar-refractivity contribution in [2.24, 2.45) is 5.92 Å². The number of nitrogens with one attached hydrogen (secondary N) is 2. The van der Waals surface area contributed by atoms with E-state index >= 15 is 0 Å². The van der Waals surface area contributed by atoms with Crippen LogP contribution in [0.15, 0.2) is 0 Å². The highest BCUT2D eigenvalue weighted by Gasteiger charge is 2.37. The molecule has 0 unspecified atom stereocenters. The van der Waals surface area contributed by atoms with Crippen molar-refractivity contribution in [1.82, 2.24) is 10.8 Å². The summed E-state index contributed by atoms with van der Waals surface area (Å²) in [6.45, 7) is 1.72. The van der Waals surface area contributed by atoms with Crippen molar-refractivity contribution in [1.29, 1.82) is 0 Å². The summed E-state index contributed by atoms with van der Waals surface area (Å²) in [6.07, 6.45) is 0.970. The molecule has 0 aromatic rings. The van der Waals surface area contributed by atoms with Crippen molar-refractivity contribution in [2.75, 3.05) is 13.1 Å². The van der Waals surface area contributed by atoms with Gasteiger partial charge < -0.3 is 5.32 Å². The average Bonchev–Trinajstić information content (AvgIpc) is 2.34. The molecule has 2 aliphatic rings. The van der Waals surface area contributed by atoms with E-state index in [1.165, 1.54) is 0 Å². The Morgan fingerprint density at radius 2 is 2.50 bits per heavy atom. The molecule has 0 saturated carbocycles. The highest BCUT2D eigenvalue weighted by atomic mass is 16.7. The molecule has 0 aromatic heterocycles. The van der Waals surface area contributed by atoms with Crippen LogP contribution in [0.4, 0.5) is 0 Å². The van der Waals surface area contributed by atoms with E-state index in [2.05, 4.69) is 10.8 Å². The van der Waals surface area contributed by atoms with Crippen LogP contribution in [-0.4, -0.2) is 25.1 Å². The van der Waals surface area contributed by atoms with Crippen molar-refractivity contribution >= 4 is 5.91 Å². The molecule has 0 bridgehead atoms. The summed E-state index contributed by atoms with van der Waals surface area (Å²) in [4.78, 5) is 16.0. The molecule has 56 valence electrons. The first-order valence-electron chi connectivity index (χ1n) is 3.54.